The zero-order chi connectivity index (χ0) is 25.9. The molecular weight excluding hydrogens is 452 g/mol. The first-order valence-corrected chi connectivity index (χ1v) is 14.6. The molecule has 0 radical (unpaired) electrons. The van der Waals surface area contributed by atoms with E-state index in [4.69, 9.17) is 13.9 Å². The molecule has 1 saturated heterocycles. The molecule has 3 rings (SSSR count). The van der Waals surface area contributed by atoms with Crippen LogP contribution < -0.4 is 10.4 Å². The number of carbonyl (C=O) groups is 1. The smallest absolute Gasteiger partial charge is 0.337 e. The van der Waals surface area contributed by atoms with E-state index in [-0.39, 0.29) is 23.2 Å². The van der Waals surface area contributed by atoms with Crippen LogP contribution in [0, 0.1) is 0 Å². The maximum atomic E-state index is 12.5. The van der Waals surface area contributed by atoms with Gasteiger partial charge < -0.3 is 13.9 Å². The Bertz CT molecular complexity index is 976. The van der Waals surface area contributed by atoms with Gasteiger partial charge in [0.25, 0.3) is 8.32 Å². The summed E-state index contributed by atoms with van der Waals surface area (Å²) in [7, 11) is -2.61. The summed E-state index contributed by atoms with van der Waals surface area (Å²) in [5, 5.41) is 2.48. The highest BCUT2D eigenvalue weighted by Gasteiger charge is 2.51. The van der Waals surface area contributed by atoms with Crippen LogP contribution in [0.1, 0.15) is 74.7 Å². The molecule has 0 aliphatic carbocycles. The molecule has 5 heteroatoms. The zero-order valence-corrected chi connectivity index (χ0v) is 23.7. The summed E-state index contributed by atoms with van der Waals surface area (Å²) in [6.07, 6.45) is 2.42. The first-order valence-electron chi connectivity index (χ1n) is 12.7. The molecule has 1 heterocycles. The molecule has 35 heavy (non-hydrogen) atoms. The number of esters is 1. The molecule has 0 spiro atoms. The molecular formula is C30H42O4Si. The molecule has 1 fully saturated rings. The standard InChI is InChI=1S/C30H42O4Si/c1-22(21-24-19-20-27(32-24)23(2)28(31)33-29(3,4)5)34-35(30(6,7)8,25-15-11-9-12-16-25)26-17-13-10-14-18-26/h9-18,22,24H,19-21H2,1-8H3/b27-23-/t22-,24-/m1/s1. The van der Waals surface area contributed by atoms with Gasteiger partial charge in [-0.3, -0.25) is 0 Å². The number of benzene rings is 2. The second-order valence-electron chi connectivity index (χ2n) is 11.7. The third-order valence-corrected chi connectivity index (χ3v) is 11.7. The van der Waals surface area contributed by atoms with E-state index in [9.17, 15) is 4.79 Å². The number of ether oxygens (including phenoxy) is 2. The predicted octanol–water partition coefficient (Wildman–Crippen LogP) is 6.14. The number of allylic oxidation sites excluding steroid dienone is 1. The van der Waals surface area contributed by atoms with E-state index in [0.29, 0.717) is 5.57 Å². The topological polar surface area (TPSA) is 44.8 Å². The van der Waals surface area contributed by atoms with E-state index in [1.54, 1.807) is 6.92 Å². The van der Waals surface area contributed by atoms with Crippen molar-refractivity contribution in [1.29, 1.82) is 0 Å². The first-order chi connectivity index (χ1) is 16.3. The monoisotopic (exact) mass is 494 g/mol. The van der Waals surface area contributed by atoms with Crippen molar-refractivity contribution >= 4 is 24.7 Å². The molecule has 0 amide bonds. The van der Waals surface area contributed by atoms with Crippen molar-refractivity contribution in [2.24, 2.45) is 0 Å². The van der Waals surface area contributed by atoms with Crippen molar-refractivity contribution in [3.63, 3.8) is 0 Å². The van der Waals surface area contributed by atoms with Gasteiger partial charge in [-0.15, -0.1) is 0 Å². The van der Waals surface area contributed by atoms with E-state index in [1.807, 2.05) is 20.8 Å². The van der Waals surface area contributed by atoms with Crippen molar-refractivity contribution in [3.8, 4) is 0 Å². The van der Waals surface area contributed by atoms with E-state index >= 15 is 0 Å². The van der Waals surface area contributed by atoms with Gasteiger partial charge in [0, 0.05) is 18.9 Å². The minimum absolute atomic E-state index is 0.00696. The number of rotatable bonds is 7. The minimum Gasteiger partial charge on any atom is -0.494 e. The van der Waals surface area contributed by atoms with Crippen LogP contribution in [-0.4, -0.2) is 32.1 Å². The third-order valence-electron chi connectivity index (χ3n) is 6.52. The van der Waals surface area contributed by atoms with Crippen LogP contribution in [0.4, 0.5) is 0 Å². The van der Waals surface area contributed by atoms with Crippen LogP contribution >= 0.6 is 0 Å². The van der Waals surface area contributed by atoms with Gasteiger partial charge in [0.15, 0.2) is 0 Å². The van der Waals surface area contributed by atoms with Crippen molar-refractivity contribution in [2.45, 2.75) is 97.5 Å². The lowest BCUT2D eigenvalue weighted by molar-refractivity contribution is -0.150. The predicted molar refractivity (Wildman–Crippen MR) is 145 cm³/mol. The molecule has 1 aliphatic rings. The Kier molecular flexibility index (Phi) is 8.33. The third kappa shape index (κ3) is 6.45. The van der Waals surface area contributed by atoms with Crippen molar-refractivity contribution < 1.29 is 18.7 Å². The number of carbonyl (C=O) groups excluding carboxylic acids is 1. The van der Waals surface area contributed by atoms with Crippen LogP contribution in [0.25, 0.3) is 0 Å². The highest BCUT2D eigenvalue weighted by Crippen LogP contribution is 2.38. The van der Waals surface area contributed by atoms with Gasteiger partial charge in [-0.2, -0.15) is 0 Å². The van der Waals surface area contributed by atoms with Crippen LogP contribution in [-0.2, 0) is 18.7 Å². The van der Waals surface area contributed by atoms with Gasteiger partial charge in [0.2, 0.25) is 0 Å². The van der Waals surface area contributed by atoms with E-state index in [0.717, 1.165) is 25.0 Å². The molecule has 190 valence electrons. The maximum Gasteiger partial charge on any atom is 0.337 e. The summed E-state index contributed by atoms with van der Waals surface area (Å²) in [4.78, 5) is 12.5. The lowest BCUT2D eigenvalue weighted by atomic mass is 10.1. The Balaban J connectivity index is 1.83. The van der Waals surface area contributed by atoms with Crippen LogP contribution in [0.15, 0.2) is 72.0 Å². The van der Waals surface area contributed by atoms with Gasteiger partial charge in [-0.25, -0.2) is 4.79 Å². The van der Waals surface area contributed by atoms with Gasteiger partial charge in [0.05, 0.1) is 5.57 Å². The van der Waals surface area contributed by atoms with Gasteiger partial charge in [0.1, 0.15) is 17.5 Å². The lowest BCUT2D eigenvalue weighted by Gasteiger charge is -2.45. The van der Waals surface area contributed by atoms with E-state index < -0.39 is 13.9 Å². The molecule has 4 nitrogen and oxygen atoms in total. The van der Waals surface area contributed by atoms with Crippen LogP contribution in [0.2, 0.25) is 5.04 Å². The Hall–Kier alpha value is -2.37. The highest BCUT2D eigenvalue weighted by molar-refractivity contribution is 6.99. The molecule has 2 aromatic rings. The summed E-state index contributed by atoms with van der Waals surface area (Å²) in [6.45, 7) is 16.5. The molecule has 0 aromatic heterocycles. The van der Waals surface area contributed by atoms with Gasteiger partial charge >= 0.3 is 5.97 Å². The molecule has 2 aromatic carbocycles. The summed E-state index contributed by atoms with van der Waals surface area (Å²) < 4.78 is 19.0. The summed E-state index contributed by atoms with van der Waals surface area (Å²) in [5.74, 6) is 0.451. The molecule has 2 atom stereocenters. The lowest BCUT2D eigenvalue weighted by Crippen LogP contribution is -2.67. The van der Waals surface area contributed by atoms with E-state index in [2.05, 4.69) is 88.4 Å². The van der Waals surface area contributed by atoms with Gasteiger partial charge in [-0.1, -0.05) is 81.4 Å². The Morgan fingerprint density at radius 3 is 1.94 bits per heavy atom. The van der Waals surface area contributed by atoms with Crippen molar-refractivity contribution in [1.82, 2.24) is 0 Å². The Morgan fingerprint density at radius 1 is 0.971 bits per heavy atom. The average Bonchev–Trinajstić information content (AvgIpc) is 3.24. The van der Waals surface area contributed by atoms with Crippen LogP contribution in [0.5, 0.6) is 0 Å². The summed E-state index contributed by atoms with van der Waals surface area (Å²) in [6, 6.07) is 21.4. The average molecular weight is 495 g/mol. The number of hydrogen-bond acceptors (Lipinski definition) is 4. The molecule has 0 N–H and O–H groups in total. The fourth-order valence-electron chi connectivity index (χ4n) is 4.93. The minimum atomic E-state index is -2.61. The zero-order valence-electron chi connectivity index (χ0n) is 22.7. The van der Waals surface area contributed by atoms with Crippen LogP contribution in [0.3, 0.4) is 0 Å². The fraction of sp³-hybridized carbons (Fsp3) is 0.500. The second kappa shape index (κ2) is 10.7. The number of hydrogen-bond donors (Lipinski definition) is 0. The second-order valence-corrected chi connectivity index (χ2v) is 15.9. The summed E-state index contributed by atoms with van der Waals surface area (Å²) >= 11 is 0. The summed E-state index contributed by atoms with van der Waals surface area (Å²) in [5.41, 5.74) is 0.0534. The normalized spacial score (nSPS) is 19.1. The Morgan fingerprint density at radius 2 is 1.49 bits per heavy atom. The molecule has 0 bridgehead atoms. The largest absolute Gasteiger partial charge is 0.494 e. The van der Waals surface area contributed by atoms with Gasteiger partial charge in [-0.05, 0) is 56.5 Å². The molecule has 1 aliphatic heterocycles. The quantitative estimate of drug-likeness (QED) is 0.264. The van der Waals surface area contributed by atoms with Crippen molar-refractivity contribution in [2.75, 3.05) is 0 Å². The SMILES string of the molecule is C/C(C(=O)OC(C)(C)C)=C1\CC[C@H](C[C@@H](C)O[Si](c2ccccc2)(c2ccccc2)C(C)(C)C)O1. The first kappa shape index (κ1) is 27.2. The maximum absolute atomic E-state index is 12.5. The molecule has 0 unspecified atom stereocenters. The molecule has 0 saturated carbocycles. The van der Waals surface area contributed by atoms with E-state index in [1.165, 1.54) is 10.4 Å². The fourth-order valence-corrected chi connectivity index (χ4v) is 9.65. The Labute approximate surface area is 212 Å². The highest BCUT2D eigenvalue weighted by atomic mass is 28.4. The van der Waals surface area contributed by atoms with Crippen molar-refractivity contribution in [3.05, 3.63) is 72.0 Å².